The number of para-hydroxylation sites is 1. The van der Waals surface area contributed by atoms with Crippen molar-refractivity contribution in [2.75, 3.05) is 0 Å². The lowest BCUT2D eigenvalue weighted by Gasteiger charge is -2.07. The molecule has 0 spiro atoms. The lowest BCUT2D eigenvalue weighted by atomic mass is 10.0. The van der Waals surface area contributed by atoms with Gasteiger partial charge in [0.25, 0.3) is 0 Å². The van der Waals surface area contributed by atoms with Crippen LogP contribution in [0.15, 0.2) is 63.8 Å². The van der Waals surface area contributed by atoms with Crippen LogP contribution in [0.4, 0.5) is 0 Å². The molecule has 0 unspecified atom stereocenters. The maximum atomic E-state index is 12.8. The van der Waals surface area contributed by atoms with Crippen LogP contribution in [0.2, 0.25) is 5.02 Å². The van der Waals surface area contributed by atoms with Crippen molar-refractivity contribution in [1.29, 1.82) is 0 Å². The van der Waals surface area contributed by atoms with Crippen molar-refractivity contribution in [3.8, 4) is 11.1 Å². The van der Waals surface area contributed by atoms with Crippen molar-refractivity contribution in [2.45, 2.75) is 6.92 Å². The molecule has 0 bridgehead atoms. The first-order chi connectivity index (χ1) is 10.2. The normalized spacial score (nSPS) is 11.3. The van der Waals surface area contributed by atoms with Crippen LogP contribution in [0, 0.1) is 0 Å². The lowest BCUT2D eigenvalue weighted by Crippen LogP contribution is -2.07. The Bertz CT molecular complexity index is 891. The van der Waals surface area contributed by atoms with Gasteiger partial charge in [0.05, 0.1) is 10.9 Å². The second-order valence-corrected chi connectivity index (χ2v) is 5.11. The van der Waals surface area contributed by atoms with E-state index in [0.717, 1.165) is 5.56 Å². The van der Waals surface area contributed by atoms with Crippen LogP contribution in [0.3, 0.4) is 0 Å². The molecule has 21 heavy (non-hydrogen) atoms. The van der Waals surface area contributed by atoms with Gasteiger partial charge in [-0.1, -0.05) is 41.9 Å². The van der Waals surface area contributed by atoms with Crippen LogP contribution in [0.5, 0.6) is 0 Å². The molecule has 2 nitrogen and oxygen atoms in total. The SMILES string of the molecule is C/C=C\c1oc2ccccc2c(=O)c1-c1cccc(Cl)c1. The fourth-order valence-corrected chi connectivity index (χ4v) is 2.54. The van der Waals surface area contributed by atoms with Gasteiger partial charge < -0.3 is 4.42 Å². The highest BCUT2D eigenvalue weighted by Gasteiger charge is 2.14. The molecule has 0 aliphatic carbocycles. The molecule has 0 N–H and O–H groups in total. The van der Waals surface area contributed by atoms with Gasteiger partial charge in [-0.2, -0.15) is 0 Å². The van der Waals surface area contributed by atoms with Crippen LogP contribution in [0.25, 0.3) is 28.2 Å². The first kappa shape index (κ1) is 13.7. The molecule has 1 aromatic heterocycles. The largest absolute Gasteiger partial charge is 0.456 e. The molecule has 0 saturated carbocycles. The highest BCUT2D eigenvalue weighted by atomic mass is 35.5. The molecule has 2 aromatic carbocycles. The smallest absolute Gasteiger partial charge is 0.201 e. The third-order valence-electron chi connectivity index (χ3n) is 3.26. The molecule has 3 rings (SSSR count). The molecular weight excluding hydrogens is 284 g/mol. The Labute approximate surface area is 127 Å². The van der Waals surface area contributed by atoms with E-state index in [1.165, 1.54) is 0 Å². The van der Waals surface area contributed by atoms with Crippen LogP contribution < -0.4 is 5.43 Å². The molecule has 0 saturated heterocycles. The molecule has 3 aromatic rings. The quantitative estimate of drug-likeness (QED) is 0.655. The van der Waals surface area contributed by atoms with E-state index < -0.39 is 0 Å². The van der Waals surface area contributed by atoms with E-state index in [4.69, 9.17) is 16.0 Å². The van der Waals surface area contributed by atoms with E-state index in [1.807, 2.05) is 37.3 Å². The Morgan fingerprint density at radius 2 is 1.90 bits per heavy atom. The summed E-state index contributed by atoms with van der Waals surface area (Å²) in [5, 5.41) is 1.16. The first-order valence-corrected chi connectivity index (χ1v) is 7.03. The summed E-state index contributed by atoms with van der Waals surface area (Å²) >= 11 is 6.04. The van der Waals surface area contributed by atoms with Crippen molar-refractivity contribution in [2.24, 2.45) is 0 Å². The zero-order chi connectivity index (χ0) is 14.8. The van der Waals surface area contributed by atoms with Crippen molar-refractivity contribution >= 4 is 28.6 Å². The van der Waals surface area contributed by atoms with E-state index in [2.05, 4.69) is 0 Å². The topological polar surface area (TPSA) is 30.2 Å². The van der Waals surface area contributed by atoms with Gasteiger partial charge in [-0.3, -0.25) is 4.79 Å². The highest BCUT2D eigenvalue weighted by molar-refractivity contribution is 6.30. The predicted molar refractivity (Wildman–Crippen MR) is 87.6 cm³/mol. The van der Waals surface area contributed by atoms with Gasteiger partial charge in [0.2, 0.25) is 5.43 Å². The van der Waals surface area contributed by atoms with E-state index in [1.54, 1.807) is 30.3 Å². The molecule has 0 aliphatic heterocycles. The highest BCUT2D eigenvalue weighted by Crippen LogP contribution is 2.27. The van der Waals surface area contributed by atoms with Gasteiger partial charge in [0.1, 0.15) is 11.3 Å². The second kappa shape index (κ2) is 5.58. The molecule has 104 valence electrons. The summed E-state index contributed by atoms with van der Waals surface area (Å²) in [6.45, 7) is 1.89. The molecule has 0 aliphatic rings. The monoisotopic (exact) mass is 296 g/mol. The Morgan fingerprint density at radius 3 is 2.67 bits per heavy atom. The molecule has 3 heteroatoms. The number of hydrogen-bond donors (Lipinski definition) is 0. The van der Waals surface area contributed by atoms with Crippen molar-refractivity contribution in [3.05, 3.63) is 75.6 Å². The molecule has 0 fully saturated rings. The van der Waals surface area contributed by atoms with Crippen LogP contribution in [-0.2, 0) is 0 Å². The molecule has 0 radical (unpaired) electrons. The molecule has 0 amide bonds. The molecule has 0 atom stereocenters. The van der Waals surface area contributed by atoms with Crippen molar-refractivity contribution in [1.82, 2.24) is 0 Å². The summed E-state index contributed by atoms with van der Waals surface area (Å²) in [6, 6.07) is 14.5. The number of halogens is 1. The average molecular weight is 297 g/mol. The van der Waals surface area contributed by atoms with Gasteiger partial charge in [-0.05, 0) is 42.8 Å². The summed E-state index contributed by atoms with van der Waals surface area (Å²) in [5.74, 6) is 0.545. The minimum atomic E-state index is -0.0489. The Balaban J connectivity index is 2.42. The Hall–Kier alpha value is -2.32. The van der Waals surface area contributed by atoms with Gasteiger partial charge in [0.15, 0.2) is 0 Å². The van der Waals surface area contributed by atoms with Crippen molar-refractivity contribution < 1.29 is 4.42 Å². The van der Waals surface area contributed by atoms with Gasteiger partial charge in [0, 0.05) is 5.02 Å². The van der Waals surface area contributed by atoms with E-state index in [-0.39, 0.29) is 5.43 Å². The van der Waals surface area contributed by atoms with Gasteiger partial charge >= 0.3 is 0 Å². The Kier molecular flexibility index (Phi) is 3.63. The summed E-state index contributed by atoms with van der Waals surface area (Å²) in [6.07, 6.45) is 3.64. The standard InChI is InChI=1S/C18H13ClO2/c1-2-6-16-17(12-7-5-8-13(19)11-12)18(20)14-9-3-4-10-15(14)21-16/h2-11H,1H3/b6-2-. The minimum Gasteiger partial charge on any atom is -0.456 e. The van der Waals surface area contributed by atoms with Crippen LogP contribution >= 0.6 is 11.6 Å². The zero-order valence-corrected chi connectivity index (χ0v) is 12.2. The fourth-order valence-electron chi connectivity index (χ4n) is 2.35. The summed E-state index contributed by atoms with van der Waals surface area (Å²) in [7, 11) is 0. The van der Waals surface area contributed by atoms with E-state index in [9.17, 15) is 4.79 Å². The summed E-state index contributed by atoms with van der Waals surface area (Å²) < 4.78 is 5.88. The van der Waals surface area contributed by atoms with Crippen molar-refractivity contribution in [3.63, 3.8) is 0 Å². The number of fused-ring (bicyclic) bond motifs is 1. The predicted octanol–water partition coefficient (Wildman–Crippen LogP) is 5.15. The lowest BCUT2D eigenvalue weighted by molar-refractivity contribution is 0.593. The fraction of sp³-hybridized carbons (Fsp3) is 0.0556. The Morgan fingerprint density at radius 1 is 1.10 bits per heavy atom. The van der Waals surface area contributed by atoms with Gasteiger partial charge in [-0.25, -0.2) is 0 Å². The number of allylic oxidation sites excluding steroid dienone is 1. The second-order valence-electron chi connectivity index (χ2n) is 4.68. The molecular formula is C18H13ClO2. The minimum absolute atomic E-state index is 0.0489. The van der Waals surface area contributed by atoms with Crippen LogP contribution in [-0.4, -0.2) is 0 Å². The number of benzene rings is 2. The number of rotatable bonds is 2. The summed E-state index contributed by atoms with van der Waals surface area (Å²) in [5.41, 5.74) is 1.83. The maximum Gasteiger partial charge on any atom is 0.201 e. The van der Waals surface area contributed by atoms with E-state index in [0.29, 0.717) is 27.3 Å². The zero-order valence-electron chi connectivity index (χ0n) is 11.5. The first-order valence-electron chi connectivity index (χ1n) is 6.65. The van der Waals surface area contributed by atoms with Gasteiger partial charge in [-0.15, -0.1) is 0 Å². The maximum absolute atomic E-state index is 12.8. The van der Waals surface area contributed by atoms with Crippen LogP contribution in [0.1, 0.15) is 12.7 Å². The number of hydrogen-bond acceptors (Lipinski definition) is 2. The average Bonchev–Trinajstić information content (AvgIpc) is 2.48. The summed E-state index contributed by atoms with van der Waals surface area (Å²) in [4.78, 5) is 12.8. The molecule has 1 heterocycles. The third-order valence-corrected chi connectivity index (χ3v) is 3.49. The third kappa shape index (κ3) is 2.50. The van der Waals surface area contributed by atoms with E-state index >= 15 is 0 Å².